The Morgan fingerprint density at radius 3 is 2.57 bits per heavy atom. The summed E-state index contributed by atoms with van der Waals surface area (Å²) in [5.74, 6) is 2.15. The Bertz CT molecular complexity index is 703. The van der Waals surface area contributed by atoms with Crippen LogP contribution in [0.3, 0.4) is 0 Å². The Labute approximate surface area is 184 Å². The number of fused-ring (bicyclic) bond motifs is 5. The first-order valence-electron chi connectivity index (χ1n) is 12.5. The third-order valence-corrected chi connectivity index (χ3v) is 9.85. The number of carbonyl (C=O) groups excluding carboxylic acids is 1. The molecule has 0 aromatic heterocycles. The van der Waals surface area contributed by atoms with Crippen molar-refractivity contribution in [2.45, 2.75) is 105 Å². The van der Waals surface area contributed by atoms with Gasteiger partial charge in [-0.25, -0.2) is 0 Å². The van der Waals surface area contributed by atoms with Gasteiger partial charge in [-0.3, -0.25) is 4.79 Å². The zero-order valence-corrected chi connectivity index (χ0v) is 20.2. The van der Waals surface area contributed by atoms with E-state index < -0.39 is 6.10 Å². The predicted octanol–water partition coefficient (Wildman–Crippen LogP) is 5.95. The highest BCUT2D eigenvalue weighted by Gasteiger charge is 2.62. The highest BCUT2D eigenvalue weighted by molar-refractivity contribution is 5.94. The monoisotopic (exact) mass is 416 g/mol. The Hall–Kier alpha value is -0.670. The normalized spacial score (nSPS) is 46.1. The maximum Gasteiger partial charge on any atom is 0.159 e. The smallest absolute Gasteiger partial charge is 0.159 e. The number of hydrogen-bond acceptors (Lipinski definition) is 3. The maximum absolute atomic E-state index is 13.5. The molecule has 0 amide bonds. The van der Waals surface area contributed by atoms with Crippen LogP contribution < -0.4 is 0 Å². The molecule has 0 aromatic carbocycles. The summed E-state index contributed by atoms with van der Waals surface area (Å²) in [5, 5.41) is 10.6. The molecule has 0 bridgehead atoms. The second-order valence-electron chi connectivity index (χ2n) is 12.6. The molecule has 0 saturated heterocycles. The maximum atomic E-state index is 13.5. The Balaban J connectivity index is 1.65. The van der Waals surface area contributed by atoms with E-state index >= 15 is 0 Å². The van der Waals surface area contributed by atoms with Gasteiger partial charge in [0.1, 0.15) is 0 Å². The molecule has 170 valence electrons. The zero-order chi connectivity index (χ0) is 21.9. The fourth-order valence-corrected chi connectivity index (χ4v) is 7.95. The van der Waals surface area contributed by atoms with Crippen molar-refractivity contribution in [3.05, 3.63) is 11.6 Å². The SMILES string of the molecule is CC[C@H]1CC[C@H]2[C@@H]3C(=O)C=C4C[C@@H](O)CC(OCCC(C)(C)C)[C@]4(C)[C@H]3CC[C@]12C. The molecule has 0 radical (unpaired) electrons. The molecule has 3 saturated carbocycles. The molecule has 8 atom stereocenters. The minimum Gasteiger partial charge on any atom is -0.393 e. The standard InChI is InChI=1S/C27H44O3/c1-7-17-8-9-20-24-21(10-11-26(17,20)5)27(6)18(15-22(24)29)14-19(28)16-23(27)30-13-12-25(2,3)4/h15,17,19-21,23-24,28H,7-14,16H2,1-6H3/t17-,19+,20-,21-,23?,24-,26+,27-/m0/s1. The minimum atomic E-state index is -0.391. The van der Waals surface area contributed by atoms with Crippen molar-refractivity contribution < 1.29 is 14.6 Å². The van der Waals surface area contributed by atoms with Gasteiger partial charge in [-0.2, -0.15) is 0 Å². The first-order valence-corrected chi connectivity index (χ1v) is 12.5. The summed E-state index contributed by atoms with van der Waals surface area (Å²) in [6, 6.07) is 0. The lowest BCUT2D eigenvalue weighted by Crippen LogP contribution is -2.58. The van der Waals surface area contributed by atoms with Crippen molar-refractivity contribution >= 4 is 5.78 Å². The van der Waals surface area contributed by atoms with Gasteiger partial charge in [-0.05, 0) is 73.2 Å². The van der Waals surface area contributed by atoms with Crippen LogP contribution in [0.1, 0.15) is 92.9 Å². The topological polar surface area (TPSA) is 46.5 Å². The second kappa shape index (κ2) is 7.73. The van der Waals surface area contributed by atoms with Crippen molar-refractivity contribution in [3.8, 4) is 0 Å². The fourth-order valence-electron chi connectivity index (χ4n) is 7.95. The number of rotatable bonds is 4. The van der Waals surface area contributed by atoms with Crippen LogP contribution in [0.4, 0.5) is 0 Å². The van der Waals surface area contributed by atoms with Gasteiger partial charge in [0.05, 0.1) is 12.2 Å². The van der Waals surface area contributed by atoms with Crippen LogP contribution in [-0.2, 0) is 9.53 Å². The molecule has 30 heavy (non-hydrogen) atoms. The second-order valence-corrected chi connectivity index (χ2v) is 12.6. The molecule has 1 N–H and O–H groups in total. The highest BCUT2D eigenvalue weighted by atomic mass is 16.5. The molecule has 3 heteroatoms. The summed E-state index contributed by atoms with van der Waals surface area (Å²) < 4.78 is 6.55. The van der Waals surface area contributed by atoms with E-state index in [4.69, 9.17) is 4.74 Å². The Morgan fingerprint density at radius 2 is 1.90 bits per heavy atom. The van der Waals surface area contributed by atoms with E-state index in [2.05, 4.69) is 41.5 Å². The zero-order valence-electron chi connectivity index (χ0n) is 20.2. The van der Waals surface area contributed by atoms with E-state index in [0.29, 0.717) is 35.9 Å². The van der Waals surface area contributed by atoms with E-state index in [9.17, 15) is 9.90 Å². The molecule has 0 aliphatic heterocycles. The first-order chi connectivity index (χ1) is 14.0. The third-order valence-electron chi connectivity index (χ3n) is 9.85. The highest BCUT2D eigenvalue weighted by Crippen LogP contribution is 2.66. The van der Waals surface area contributed by atoms with Gasteiger partial charge in [0.25, 0.3) is 0 Å². The summed E-state index contributed by atoms with van der Waals surface area (Å²) in [4.78, 5) is 13.5. The molecule has 0 aromatic rings. The summed E-state index contributed by atoms with van der Waals surface area (Å²) in [6.07, 6.45) is 10.0. The summed E-state index contributed by atoms with van der Waals surface area (Å²) in [7, 11) is 0. The van der Waals surface area contributed by atoms with Crippen molar-refractivity contribution in [1.82, 2.24) is 0 Å². The van der Waals surface area contributed by atoms with Crippen LogP contribution >= 0.6 is 0 Å². The fraction of sp³-hybridized carbons (Fsp3) is 0.889. The van der Waals surface area contributed by atoms with Gasteiger partial charge in [0, 0.05) is 24.4 Å². The number of hydrogen-bond donors (Lipinski definition) is 1. The van der Waals surface area contributed by atoms with Gasteiger partial charge < -0.3 is 9.84 Å². The number of aliphatic hydroxyl groups is 1. The van der Waals surface area contributed by atoms with Crippen molar-refractivity contribution in [3.63, 3.8) is 0 Å². The molecular weight excluding hydrogens is 372 g/mol. The lowest BCUT2D eigenvalue weighted by atomic mass is 9.46. The molecule has 4 aliphatic carbocycles. The molecular formula is C27H44O3. The summed E-state index contributed by atoms with van der Waals surface area (Å²) in [6.45, 7) is 14.7. The summed E-state index contributed by atoms with van der Waals surface area (Å²) in [5.41, 5.74) is 1.62. The molecule has 4 aliphatic rings. The third kappa shape index (κ3) is 3.52. The van der Waals surface area contributed by atoms with E-state index in [1.165, 1.54) is 31.3 Å². The number of aliphatic hydroxyl groups excluding tert-OH is 1. The van der Waals surface area contributed by atoms with Crippen molar-refractivity contribution in [2.24, 2.45) is 39.9 Å². The van der Waals surface area contributed by atoms with Crippen molar-refractivity contribution in [2.75, 3.05) is 6.61 Å². The van der Waals surface area contributed by atoms with Crippen molar-refractivity contribution in [1.29, 1.82) is 0 Å². The lowest BCUT2D eigenvalue weighted by molar-refractivity contribution is -0.150. The van der Waals surface area contributed by atoms with Crippen LogP contribution in [0.25, 0.3) is 0 Å². The molecule has 0 spiro atoms. The van der Waals surface area contributed by atoms with E-state index in [-0.39, 0.29) is 22.9 Å². The number of allylic oxidation sites excluding steroid dienone is 1. The largest absolute Gasteiger partial charge is 0.393 e. The Kier molecular flexibility index (Phi) is 5.80. The van der Waals surface area contributed by atoms with Crippen LogP contribution in [-0.4, -0.2) is 29.7 Å². The summed E-state index contributed by atoms with van der Waals surface area (Å²) >= 11 is 0. The molecule has 4 rings (SSSR count). The van der Waals surface area contributed by atoms with E-state index in [0.717, 1.165) is 25.4 Å². The number of carbonyl (C=O) groups is 1. The van der Waals surface area contributed by atoms with Gasteiger partial charge in [-0.1, -0.05) is 53.5 Å². The lowest BCUT2D eigenvalue weighted by Gasteiger charge is -2.59. The van der Waals surface area contributed by atoms with Crippen LogP contribution in [0.5, 0.6) is 0 Å². The van der Waals surface area contributed by atoms with Gasteiger partial charge in [-0.15, -0.1) is 0 Å². The van der Waals surface area contributed by atoms with Crippen LogP contribution in [0.15, 0.2) is 11.6 Å². The molecule has 0 heterocycles. The molecule has 1 unspecified atom stereocenters. The average Bonchev–Trinajstić information content (AvgIpc) is 2.99. The van der Waals surface area contributed by atoms with Crippen LogP contribution in [0.2, 0.25) is 0 Å². The number of ether oxygens (including phenoxy) is 1. The van der Waals surface area contributed by atoms with Gasteiger partial charge in [0.2, 0.25) is 0 Å². The van der Waals surface area contributed by atoms with Gasteiger partial charge >= 0.3 is 0 Å². The van der Waals surface area contributed by atoms with Crippen LogP contribution in [0, 0.1) is 39.9 Å². The molecule has 3 nitrogen and oxygen atoms in total. The van der Waals surface area contributed by atoms with Gasteiger partial charge in [0.15, 0.2) is 5.78 Å². The number of ketones is 1. The Morgan fingerprint density at radius 1 is 1.17 bits per heavy atom. The molecule has 3 fully saturated rings. The minimum absolute atomic E-state index is 0.0168. The predicted molar refractivity (Wildman–Crippen MR) is 121 cm³/mol. The average molecular weight is 417 g/mol. The van der Waals surface area contributed by atoms with E-state index in [1.807, 2.05) is 6.08 Å². The quantitative estimate of drug-likeness (QED) is 0.616. The first kappa shape index (κ1) is 22.5. The van der Waals surface area contributed by atoms with E-state index in [1.54, 1.807) is 0 Å².